The average Bonchev–Trinajstić information content (AvgIpc) is 3.21. The summed E-state index contributed by atoms with van der Waals surface area (Å²) in [6.07, 6.45) is 8.65. The number of ether oxygens (including phenoxy) is 2. The van der Waals surface area contributed by atoms with Gasteiger partial charge in [-0.3, -0.25) is 14.9 Å². The van der Waals surface area contributed by atoms with Gasteiger partial charge in [-0.15, -0.1) is 0 Å². The topological polar surface area (TPSA) is 51.9 Å². The van der Waals surface area contributed by atoms with Gasteiger partial charge in [0.15, 0.2) is 0 Å². The Labute approximate surface area is 188 Å². The number of nitrogens with zero attached hydrogens (tertiary/aromatic N) is 4. The fraction of sp³-hybridized carbons (Fsp3) is 0.308. The first-order valence-electron chi connectivity index (χ1n) is 11.2. The van der Waals surface area contributed by atoms with E-state index in [9.17, 15) is 0 Å². The van der Waals surface area contributed by atoms with Crippen molar-refractivity contribution in [2.24, 2.45) is 5.92 Å². The van der Waals surface area contributed by atoms with E-state index in [1.807, 2.05) is 42.7 Å². The fourth-order valence-electron chi connectivity index (χ4n) is 4.33. The molecule has 0 amide bonds. The van der Waals surface area contributed by atoms with Crippen molar-refractivity contribution in [3.8, 4) is 5.75 Å². The number of fused-ring (bicyclic) bond motifs is 1. The van der Waals surface area contributed by atoms with Gasteiger partial charge in [-0.1, -0.05) is 24.3 Å². The van der Waals surface area contributed by atoms with Crippen LogP contribution in [0.5, 0.6) is 5.75 Å². The van der Waals surface area contributed by atoms with E-state index in [1.54, 1.807) is 6.20 Å². The molecule has 1 aliphatic heterocycles. The Morgan fingerprint density at radius 3 is 2.84 bits per heavy atom. The minimum Gasteiger partial charge on any atom is -0.487 e. The van der Waals surface area contributed by atoms with Crippen molar-refractivity contribution in [2.75, 3.05) is 26.3 Å². The van der Waals surface area contributed by atoms with E-state index in [2.05, 4.69) is 49.7 Å². The minimum atomic E-state index is 0.396. The molecule has 0 bridgehead atoms. The van der Waals surface area contributed by atoms with E-state index in [0.717, 1.165) is 56.4 Å². The maximum Gasteiger partial charge on any atom is 0.130 e. The molecule has 4 heterocycles. The van der Waals surface area contributed by atoms with Crippen molar-refractivity contribution in [1.29, 1.82) is 0 Å². The van der Waals surface area contributed by atoms with E-state index in [4.69, 9.17) is 9.47 Å². The molecule has 6 heteroatoms. The predicted octanol–water partition coefficient (Wildman–Crippen LogP) is 4.00. The molecule has 3 aromatic heterocycles. The molecule has 1 fully saturated rings. The molecule has 6 nitrogen and oxygen atoms in total. The van der Waals surface area contributed by atoms with Gasteiger partial charge in [0.2, 0.25) is 0 Å². The first-order valence-corrected chi connectivity index (χ1v) is 11.2. The second-order valence-electron chi connectivity index (χ2n) is 8.27. The van der Waals surface area contributed by atoms with E-state index < -0.39 is 0 Å². The zero-order valence-electron chi connectivity index (χ0n) is 18.1. The van der Waals surface area contributed by atoms with E-state index in [1.165, 1.54) is 11.1 Å². The Kier molecular flexibility index (Phi) is 6.42. The van der Waals surface area contributed by atoms with Gasteiger partial charge in [0, 0.05) is 55.9 Å². The third-order valence-corrected chi connectivity index (χ3v) is 5.90. The van der Waals surface area contributed by atoms with Crippen molar-refractivity contribution in [2.45, 2.75) is 19.6 Å². The zero-order valence-corrected chi connectivity index (χ0v) is 18.1. The Hall–Kier alpha value is -3.22. The Balaban J connectivity index is 1.26. The number of para-hydroxylation sites is 1. The monoisotopic (exact) mass is 428 g/mol. The van der Waals surface area contributed by atoms with Crippen LogP contribution in [-0.2, 0) is 24.3 Å². The molecule has 0 unspecified atom stereocenters. The Bertz CT molecular complexity index is 1140. The number of benzene rings is 1. The summed E-state index contributed by atoms with van der Waals surface area (Å²) in [6, 6.07) is 18.4. The highest BCUT2D eigenvalue weighted by Gasteiger charge is 2.21. The van der Waals surface area contributed by atoms with Crippen molar-refractivity contribution < 1.29 is 9.47 Å². The quantitative estimate of drug-likeness (QED) is 0.445. The summed E-state index contributed by atoms with van der Waals surface area (Å²) in [5, 5.41) is 0. The van der Waals surface area contributed by atoms with Crippen molar-refractivity contribution in [3.63, 3.8) is 0 Å². The first-order chi connectivity index (χ1) is 15.8. The lowest BCUT2D eigenvalue weighted by Gasteiger charge is -2.24. The number of hydrogen-bond acceptors (Lipinski definition) is 5. The molecule has 0 aliphatic carbocycles. The van der Waals surface area contributed by atoms with Gasteiger partial charge in [-0.2, -0.15) is 0 Å². The predicted molar refractivity (Wildman–Crippen MR) is 123 cm³/mol. The fourth-order valence-corrected chi connectivity index (χ4v) is 4.33. The van der Waals surface area contributed by atoms with E-state index in [0.29, 0.717) is 12.5 Å². The summed E-state index contributed by atoms with van der Waals surface area (Å²) in [5.41, 5.74) is 4.43. The van der Waals surface area contributed by atoms with Crippen LogP contribution in [0.15, 0.2) is 79.4 Å². The zero-order chi connectivity index (χ0) is 21.6. The molecule has 1 aliphatic rings. The van der Waals surface area contributed by atoms with Crippen LogP contribution >= 0.6 is 0 Å². The lowest BCUT2D eigenvalue weighted by atomic mass is 10.0. The molecule has 1 aromatic carbocycles. The normalized spacial score (nSPS) is 17.3. The summed E-state index contributed by atoms with van der Waals surface area (Å²) in [7, 11) is 0. The van der Waals surface area contributed by atoms with Crippen LogP contribution < -0.4 is 4.74 Å². The first kappa shape index (κ1) is 20.7. The molecule has 0 N–H and O–H groups in total. The van der Waals surface area contributed by atoms with Gasteiger partial charge in [-0.05, 0) is 36.8 Å². The van der Waals surface area contributed by atoms with Gasteiger partial charge >= 0.3 is 0 Å². The number of hydrogen-bond donors (Lipinski definition) is 0. The van der Waals surface area contributed by atoms with Crippen LogP contribution in [0.1, 0.15) is 17.0 Å². The summed E-state index contributed by atoms with van der Waals surface area (Å²) in [6.45, 7) is 4.69. The van der Waals surface area contributed by atoms with Crippen LogP contribution in [0.4, 0.5) is 0 Å². The third-order valence-electron chi connectivity index (χ3n) is 5.90. The standard InChI is InChI=1S/C26H28N4O2/c1-2-9-26(32-20-23-7-3-4-10-27-23)22(6-1)18-29-14-15-31-19-21(17-29)16-24-25-8-5-12-30(25)13-11-28-24/h1-13,21H,14-20H2/t21-/m0/s1. The van der Waals surface area contributed by atoms with Gasteiger partial charge in [0.05, 0.1) is 30.1 Å². The molecule has 5 rings (SSSR count). The van der Waals surface area contributed by atoms with Crippen LogP contribution in [0, 0.1) is 5.92 Å². The molecule has 32 heavy (non-hydrogen) atoms. The van der Waals surface area contributed by atoms with Crippen LogP contribution in [0.25, 0.3) is 5.52 Å². The summed E-state index contributed by atoms with van der Waals surface area (Å²) >= 11 is 0. The number of pyridine rings is 1. The molecule has 0 spiro atoms. The molecule has 0 saturated carbocycles. The number of aromatic nitrogens is 3. The third kappa shape index (κ3) is 4.98. The number of rotatable bonds is 7. The molecular formula is C26H28N4O2. The molecule has 4 aromatic rings. The molecule has 1 atom stereocenters. The molecular weight excluding hydrogens is 400 g/mol. The SMILES string of the molecule is c1ccc(COc2ccccc2CN2CCOC[C@@H](Cc3nccn4cccc34)C2)nc1. The van der Waals surface area contributed by atoms with Gasteiger partial charge in [-0.25, -0.2) is 0 Å². The average molecular weight is 429 g/mol. The van der Waals surface area contributed by atoms with Crippen LogP contribution in [0.2, 0.25) is 0 Å². The summed E-state index contributed by atoms with van der Waals surface area (Å²) in [4.78, 5) is 11.5. The molecule has 1 saturated heterocycles. The van der Waals surface area contributed by atoms with Crippen molar-refractivity contribution in [3.05, 3.63) is 96.3 Å². The largest absolute Gasteiger partial charge is 0.487 e. The van der Waals surface area contributed by atoms with E-state index >= 15 is 0 Å². The van der Waals surface area contributed by atoms with Gasteiger partial charge in [0.25, 0.3) is 0 Å². The highest BCUT2D eigenvalue weighted by atomic mass is 16.5. The smallest absolute Gasteiger partial charge is 0.130 e. The second kappa shape index (κ2) is 9.94. The maximum atomic E-state index is 6.12. The van der Waals surface area contributed by atoms with Crippen LogP contribution in [-0.4, -0.2) is 45.6 Å². The summed E-state index contributed by atoms with van der Waals surface area (Å²) < 4.78 is 14.2. The van der Waals surface area contributed by atoms with Crippen molar-refractivity contribution in [1.82, 2.24) is 19.3 Å². The lowest BCUT2D eigenvalue weighted by Crippen LogP contribution is -2.30. The Morgan fingerprint density at radius 2 is 1.91 bits per heavy atom. The highest BCUT2D eigenvalue weighted by molar-refractivity contribution is 5.52. The van der Waals surface area contributed by atoms with Gasteiger partial charge < -0.3 is 13.9 Å². The Morgan fingerprint density at radius 1 is 0.969 bits per heavy atom. The molecule has 0 radical (unpaired) electrons. The lowest BCUT2D eigenvalue weighted by molar-refractivity contribution is 0.121. The maximum absolute atomic E-state index is 6.12. The van der Waals surface area contributed by atoms with Gasteiger partial charge in [0.1, 0.15) is 12.4 Å². The summed E-state index contributed by atoms with van der Waals surface area (Å²) in [5.74, 6) is 1.31. The van der Waals surface area contributed by atoms with E-state index in [-0.39, 0.29) is 0 Å². The second-order valence-corrected chi connectivity index (χ2v) is 8.27. The molecule has 164 valence electrons. The highest BCUT2D eigenvalue weighted by Crippen LogP contribution is 2.23. The van der Waals surface area contributed by atoms with Crippen LogP contribution in [0.3, 0.4) is 0 Å². The minimum absolute atomic E-state index is 0.396. The van der Waals surface area contributed by atoms with Crippen molar-refractivity contribution >= 4 is 5.52 Å².